The fourth-order valence-electron chi connectivity index (χ4n) is 3.61. The van der Waals surface area contributed by atoms with Crippen LogP contribution in [-0.4, -0.2) is 24.2 Å². The quantitative estimate of drug-likeness (QED) is 0.673. The Kier molecular flexibility index (Phi) is 6.15. The number of carbonyl (C=O) groups excluding carboxylic acids is 1. The fourth-order valence-corrected chi connectivity index (χ4v) is 3.61. The van der Waals surface area contributed by atoms with E-state index in [1.54, 1.807) is 0 Å². The molecule has 0 radical (unpaired) electrons. The predicted molar refractivity (Wildman–Crippen MR) is 100 cm³/mol. The van der Waals surface area contributed by atoms with Gasteiger partial charge in [-0.3, -0.25) is 10.1 Å². The monoisotopic (exact) mass is 452 g/mol. The highest BCUT2D eigenvalue weighted by Crippen LogP contribution is 2.42. The van der Waals surface area contributed by atoms with Gasteiger partial charge >= 0.3 is 12.4 Å². The van der Waals surface area contributed by atoms with Gasteiger partial charge in [0, 0.05) is 11.6 Å². The molecule has 5 nitrogen and oxygen atoms in total. The van der Waals surface area contributed by atoms with Crippen molar-refractivity contribution >= 4 is 11.6 Å². The van der Waals surface area contributed by atoms with E-state index in [4.69, 9.17) is 10.5 Å². The molecule has 1 amide bonds. The molecule has 0 spiro atoms. The van der Waals surface area contributed by atoms with E-state index in [2.05, 4.69) is 10.6 Å². The van der Waals surface area contributed by atoms with E-state index in [1.165, 1.54) is 30.3 Å². The average Bonchev–Trinajstić information content (AvgIpc) is 3.19. The maximum atomic E-state index is 13.6. The summed E-state index contributed by atoms with van der Waals surface area (Å²) < 4.78 is 80.7. The third kappa shape index (κ3) is 4.84. The van der Waals surface area contributed by atoms with Crippen LogP contribution in [0.3, 0.4) is 0 Å². The summed E-state index contributed by atoms with van der Waals surface area (Å²) >= 11 is 0. The highest BCUT2D eigenvalue weighted by atomic mass is 19.4. The second-order valence-electron chi connectivity index (χ2n) is 7.17. The topological polar surface area (TPSA) is 88.7 Å². The van der Waals surface area contributed by atoms with Crippen LogP contribution in [0.5, 0.6) is 0 Å². The summed E-state index contributed by atoms with van der Waals surface area (Å²) in [7, 11) is 0. The van der Waals surface area contributed by atoms with Crippen LogP contribution in [0.1, 0.15) is 34.6 Å². The molecule has 0 aliphatic carbocycles. The standard InChI is InChI=1S/C21H14F6N4O/c22-20(23,24)16-7-12(3-4-13(16)10-29)15-8-17(31-18(15)21(25,26)27)19(32)30-14-5-1-11(9-28)2-6-14/h1-7,15,17-18,31H,8H2,(H,30,32). The lowest BCUT2D eigenvalue weighted by molar-refractivity contribution is -0.156. The third-order valence-electron chi connectivity index (χ3n) is 5.12. The van der Waals surface area contributed by atoms with Crippen molar-refractivity contribution < 1.29 is 31.1 Å². The summed E-state index contributed by atoms with van der Waals surface area (Å²) in [5.41, 5.74) is -1.74. The summed E-state index contributed by atoms with van der Waals surface area (Å²) in [6.07, 6.45) is -10.2. The van der Waals surface area contributed by atoms with Crippen molar-refractivity contribution in [3.63, 3.8) is 0 Å². The van der Waals surface area contributed by atoms with Gasteiger partial charge in [-0.15, -0.1) is 0 Å². The number of rotatable bonds is 3. The molecule has 1 aliphatic heterocycles. The number of alkyl halides is 6. The fraction of sp³-hybridized carbons (Fsp3) is 0.286. The van der Waals surface area contributed by atoms with Gasteiger partial charge in [-0.2, -0.15) is 36.9 Å². The number of halogens is 6. The second kappa shape index (κ2) is 8.52. The van der Waals surface area contributed by atoms with E-state index in [0.29, 0.717) is 11.6 Å². The zero-order chi connectivity index (χ0) is 23.7. The van der Waals surface area contributed by atoms with Crippen molar-refractivity contribution in [2.45, 2.75) is 36.8 Å². The Bertz CT molecular complexity index is 1100. The molecule has 3 rings (SSSR count). The molecule has 0 saturated carbocycles. The predicted octanol–water partition coefficient (Wildman–Crippen LogP) is 4.46. The van der Waals surface area contributed by atoms with Gasteiger partial charge in [0.15, 0.2) is 0 Å². The Hall–Kier alpha value is -3.57. The second-order valence-corrected chi connectivity index (χ2v) is 7.17. The lowest BCUT2D eigenvalue weighted by Crippen LogP contribution is -2.46. The molecular weight excluding hydrogens is 438 g/mol. The number of nitriles is 2. The molecule has 3 atom stereocenters. The molecule has 2 N–H and O–H groups in total. The van der Waals surface area contributed by atoms with E-state index in [-0.39, 0.29) is 11.3 Å². The van der Waals surface area contributed by atoms with Crippen LogP contribution in [0.15, 0.2) is 42.5 Å². The largest absolute Gasteiger partial charge is 0.417 e. The van der Waals surface area contributed by atoms with Gasteiger partial charge in [0.2, 0.25) is 5.91 Å². The molecule has 0 aromatic heterocycles. The Labute approximate surface area is 178 Å². The van der Waals surface area contributed by atoms with Gasteiger partial charge in [0.05, 0.1) is 34.9 Å². The lowest BCUT2D eigenvalue weighted by atomic mass is 9.88. The maximum absolute atomic E-state index is 13.6. The molecule has 1 aliphatic rings. The number of carbonyl (C=O) groups is 1. The number of hydrogen-bond donors (Lipinski definition) is 2. The third-order valence-corrected chi connectivity index (χ3v) is 5.12. The van der Waals surface area contributed by atoms with Gasteiger partial charge in [-0.1, -0.05) is 6.07 Å². The minimum atomic E-state index is -4.92. The Morgan fingerprint density at radius 3 is 2.19 bits per heavy atom. The molecule has 2 aromatic carbocycles. The lowest BCUT2D eigenvalue weighted by Gasteiger charge is -2.23. The van der Waals surface area contributed by atoms with Gasteiger partial charge in [0.1, 0.15) is 6.04 Å². The first-order valence-corrected chi connectivity index (χ1v) is 9.19. The molecule has 32 heavy (non-hydrogen) atoms. The SMILES string of the molecule is N#Cc1ccc(NC(=O)C2CC(c3ccc(C#N)c(C(F)(F)F)c3)C(C(F)(F)F)N2)cc1. The molecule has 1 saturated heterocycles. The summed E-state index contributed by atoms with van der Waals surface area (Å²) in [6.45, 7) is 0. The molecular formula is C21H14F6N4O. The Balaban J connectivity index is 1.88. The van der Waals surface area contributed by atoms with E-state index in [9.17, 15) is 31.1 Å². The van der Waals surface area contributed by atoms with Crippen molar-refractivity contribution in [2.24, 2.45) is 0 Å². The minimum absolute atomic E-state index is 0.250. The van der Waals surface area contributed by atoms with Crippen molar-refractivity contribution in [3.05, 3.63) is 64.7 Å². The van der Waals surface area contributed by atoms with Crippen LogP contribution < -0.4 is 10.6 Å². The number of amides is 1. The van der Waals surface area contributed by atoms with E-state index >= 15 is 0 Å². The molecule has 1 fully saturated rings. The summed E-state index contributed by atoms with van der Waals surface area (Å²) in [5.74, 6) is -2.27. The smallest absolute Gasteiger partial charge is 0.325 e. The summed E-state index contributed by atoms with van der Waals surface area (Å²) in [5, 5.41) is 22.3. The maximum Gasteiger partial charge on any atom is 0.417 e. The molecule has 1 heterocycles. The van der Waals surface area contributed by atoms with Crippen molar-refractivity contribution in [2.75, 3.05) is 5.32 Å². The van der Waals surface area contributed by atoms with Crippen LogP contribution in [0.4, 0.5) is 32.0 Å². The normalized spacial score (nSPS) is 20.9. The molecule has 0 bridgehead atoms. The number of anilines is 1. The number of nitrogens with zero attached hydrogens (tertiary/aromatic N) is 2. The molecule has 11 heteroatoms. The zero-order valence-corrected chi connectivity index (χ0v) is 16.1. The van der Waals surface area contributed by atoms with Crippen molar-refractivity contribution in [1.82, 2.24) is 5.32 Å². The zero-order valence-electron chi connectivity index (χ0n) is 16.1. The van der Waals surface area contributed by atoms with Crippen molar-refractivity contribution in [1.29, 1.82) is 10.5 Å². The first-order valence-electron chi connectivity index (χ1n) is 9.19. The van der Waals surface area contributed by atoms with E-state index < -0.39 is 53.8 Å². The van der Waals surface area contributed by atoms with Crippen LogP contribution in [0.2, 0.25) is 0 Å². The average molecular weight is 452 g/mol. The van der Waals surface area contributed by atoms with Gasteiger partial charge < -0.3 is 5.32 Å². The summed E-state index contributed by atoms with van der Waals surface area (Å²) in [4.78, 5) is 12.5. The van der Waals surface area contributed by atoms with Gasteiger partial charge in [-0.25, -0.2) is 0 Å². The highest BCUT2D eigenvalue weighted by molar-refractivity contribution is 5.95. The van der Waals surface area contributed by atoms with Crippen molar-refractivity contribution in [3.8, 4) is 12.1 Å². The van der Waals surface area contributed by atoms with Gasteiger partial charge in [0.25, 0.3) is 0 Å². The minimum Gasteiger partial charge on any atom is -0.325 e. The van der Waals surface area contributed by atoms with Gasteiger partial charge in [-0.05, 0) is 48.4 Å². The Morgan fingerprint density at radius 2 is 1.66 bits per heavy atom. The molecule has 3 unspecified atom stereocenters. The summed E-state index contributed by atoms with van der Waals surface area (Å²) in [6, 6.07) is 7.71. The number of hydrogen-bond acceptors (Lipinski definition) is 4. The molecule has 2 aromatic rings. The molecule has 166 valence electrons. The number of nitrogens with one attached hydrogen (secondary N) is 2. The van der Waals surface area contributed by atoms with E-state index in [0.717, 1.165) is 12.1 Å². The first kappa shape index (κ1) is 23.1. The van der Waals surface area contributed by atoms with Crippen LogP contribution >= 0.6 is 0 Å². The van der Waals surface area contributed by atoms with Crippen LogP contribution in [0, 0.1) is 22.7 Å². The Morgan fingerprint density at radius 1 is 1.00 bits per heavy atom. The van der Waals surface area contributed by atoms with E-state index in [1.807, 2.05) is 6.07 Å². The van der Waals surface area contributed by atoms with Crippen LogP contribution in [-0.2, 0) is 11.0 Å². The highest BCUT2D eigenvalue weighted by Gasteiger charge is 2.52. The first-order chi connectivity index (χ1) is 14.9. The van der Waals surface area contributed by atoms with Crippen LogP contribution in [0.25, 0.3) is 0 Å². The number of benzene rings is 2.